The minimum Gasteiger partial charge on any atom is -0.340 e. The van der Waals surface area contributed by atoms with Crippen LogP contribution in [0, 0.1) is 5.82 Å². The van der Waals surface area contributed by atoms with Crippen molar-refractivity contribution in [2.75, 3.05) is 7.05 Å². The van der Waals surface area contributed by atoms with Crippen LogP contribution < -0.4 is 5.73 Å². The van der Waals surface area contributed by atoms with Crippen molar-refractivity contribution in [1.82, 2.24) is 4.90 Å². The summed E-state index contributed by atoms with van der Waals surface area (Å²) < 4.78 is 13.0. The molecule has 0 fully saturated rings. The molecule has 0 aliphatic heterocycles. The van der Waals surface area contributed by atoms with Crippen LogP contribution in [0.15, 0.2) is 24.3 Å². The minimum atomic E-state index is -0.460. The van der Waals surface area contributed by atoms with Crippen molar-refractivity contribution in [3.63, 3.8) is 0 Å². The van der Waals surface area contributed by atoms with Crippen molar-refractivity contribution in [2.45, 2.75) is 32.4 Å². The fourth-order valence-corrected chi connectivity index (χ4v) is 1.70. The molecule has 0 aliphatic rings. The first-order chi connectivity index (χ1) is 8.04. The standard InChI is InChI=1S/C13H19FN2O/c1-3-5-12(15)13(17)16(2)9-10-6-4-7-11(14)8-10/h4,6-8,12H,3,5,9,15H2,1-2H3/t12-/m0/s1. The van der Waals surface area contributed by atoms with E-state index in [0.29, 0.717) is 13.0 Å². The second kappa shape index (κ2) is 6.35. The number of halogens is 1. The van der Waals surface area contributed by atoms with Gasteiger partial charge in [-0.3, -0.25) is 4.79 Å². The summed E-state index contributed by atoms with van der Waals surface area (Å²) in [6, 6.07) is 5.77. The van der Waals surface area contributed by atoms with E-state index in [9.17, 15) is 9.18 Å². The van der Waals surface area contributed by atoms with E-state index < -0.39 is 6.04 Å². The van der Waals surface area contributed by atoms with Crippen molar-refractivity contribution in [3.05, 3.63) is 35.6 Å². The molecular weight excluding hydrogens is 219 g/mol. The van der Waals surface area contributed by atoms with Gasteiger partial charge in [-0.05, 0) is 24.1 Å². The molecule has 0 aliphatic carbocycles. The number of nitrogens with two attached hydrogens (primary N) is 1. The second-order valence-electron chi connectivity index (χ2n) is 4.22. The van der Waals surface area contributed by atoms with E-state index >= 15 is 0 Å². The Morgan fingerprint density at radius 3 is 2.82 bits per heavy atom. The van der Waals surface area contributed by atoms with Crippen molar-refractivity contribution in [1.29, 1.82) is 0 Å². The van der Waals surface area contributed by atoms with Gasteiger partial charge in [-0.2, -0.15) is 0 Å². The zero-order chi connectivity index (χ0) is 12.8. The molecule has 1 rings (SSSR count). The molecule has 1 aromatic carbocycles. The topological polar surface area (TPSA) is 46.3 Å². The number of rotatable bonds is 5. The highest BCUT2D eigenvalue weighted by Crippen LogP contribution is 2.08. The first-order valence-corrected chi connectivity index (χ1v) is 5.79. The van der Waals surface area contributed by atoms with E-state index in [4.69, 9.17) is 5.73 Å². The van der Waals surface area contributed by atoms with Crippen molar-refractivity contribution < 1.29 is 9.18 Å². The number of carbonyl (C=O) groups is 1. The van der Waals surface area contributed by atoms with Crippen LogP contribution in [0.25, 0.3) is 0 Å². The SMILES string of the molecule is CCC[C@H](N)C(=O)N(C)Cc1cccc(F)c1. The largest absolute Gasteiger partial charge is 0.340 e. The summed E-state index contributed by atoms with van der Waals surface area (Å²) in [7, 11) is 1.68. The van der Waals surface area contributed by atoms with Gasteiger partial charge >= 0.3 is 0 Å². The molecule has 0 unspecified atom stereocenters. The Bertz CT molecular complexity index is 381. The van der Waals surface area contributed by atoms with E-state index in [1.807, 2.05) is 6.92 Å². The lowest BCUT2D eigenvalue weighted by molar-refractivity contribution is -0.132. The molecule has 94 valence electrons. The number of nitrogens with zero attached hydrogens (tertiary/aromatic N) is 1. The summed E-state index contributed by atoms with van der Waals surface area (Å²) in [6.45, 7) is 2.37. The zero-order valence-corrected chi connectivity index (χ0v) is 10.3. The Morgan fingerprint density at radius 1 is 1.53 bits per heavy atom. The monoisotopic (exact) mass is 238 g/mol. The maximum absolute atomic E-state index is 13.0. The molecule has 1 amide bonds. The zero-order valence-electron chi connectivity index (χ0n) is 10.3. The third-order valence-corrected chi connectivity index (χ3v) is 2.60. The summed E-state index contributed by atoms with van der Waals surface area (Å²) in [4.78, 5) is 13.4. The fraction of sp³-hybridized carbons (Fsp3) is 0.462. The van der Waals surface area contributed by atoms with E-state index in [2.05, 4.69) is 0 Å². The Labute approximate surface area is 101 Å². The number of likely N-dealkylation sites (N-methyl/N-ethyl adjacent to an activating group) is 1. The first-order valence-electron chi connectivity index (χ1n) is 5.79. The maximum atomic E-state index is 13.0. The van der Waals surface area contributed by atoms with Crippen LogP contribution >= 0.6 is 0 Å². The molecule has 1 atom stereocenters. The molecule has 0 heterocycles. The van der Waals surface area contributed by atoms with E-state index in [1.165, 1.54) is 17.0 Å². The predicted octanol–water partition coefficient (Wildman–Crippen LogP) is 1.91. The highest BCUT2D eigenvalue weighted by molar-refractivity contribution is 5.81. The number of carbonyl (C=O) groups excluding carboxylic acids is 1. The maximum Gasteiger partial charge on any atom is 0.239 e. The molecule has 3 nitrogen and oxygen atoms in total. The molecule has 0 aromatic heterocycles. The van der Waals surface area contributed by atoms with Gasteiger partial charge < -0.3 is 10.6 Å². The van der Waals surface area contributed by atoms with Gasteiger partial charge in [-0.15, -0.1) is 0 Å². The van der Waals surface area contributed by atoms with E-state index in [0.717, 1.165) is 12.0 Å². The van der Waals surface area contributed by atoms with Crippen LogP contribution in [0.4, 0.5) is 4.39 Å². The van der Waals surface area contributed by atoms with Crippen LogP contribution in [0.5, 0.6) is 0 Å². The predicted molar refractivity (Wildman–Crippen MR) is 65.8 cm³/mol. The van der Waals surface area contributed by atoms with Gasteiger partial charge in [0.2, 0.25) is 5.91 Å². The number of hydrogen-bond acceptors (Lipinski definition) is 2. The molecule has 17 heavy (non-hydrogen) atoms. The second-order valence-corrected chi connectivity index (χ2v) is 4.22. The molecule has 2 N–H and O–H groups in total. The molecule has 0 radical (unpaired) electrons. The molecular formula is C13H19FN2O. The molecule has 4 heteroatoms. The van der Waals surface area contributed by atoms with Crippen LogP contribution in [0.3, 0.4) is 0 Å². The van der Waals surface area contributed by atoms with Crippen molar-refractivity contribution in [2.24, 2.45) is 5.73 Å². The highest BCUT2D eigenvalue weighted by Gasteiger charge is 2.17. The lowest BCUT2D eigenvalue weighted by Gasteiger charge is -2.21. The summed E-state index contributed by atoms with van der Waals surface area (Å²) >= 11 is 0. The van der Waals surface area contributed by atoms with Crippen LogP contribution in [0.1, 0.15) is 25.3 Å². The smallest absolute Gasteiger partial charge is 0.239 e. The molecule has 0 saturated carbocycles. The number of amides is 1. The fourth-order valence-electron chi connectivity index (χ4n) is 1.70. The third kappa shape index (κ3) is 4.15. The Balaban J connectivity index is 2.59. The van der Waals surface area contributed by atoms with Gasteiger partial charge in [-0.25, -0.2) is 4.39 Å². The summed E-state index contributed by atoms with van der Waals surface area (Å²) in [5, 5.41) is 0. The molecule has 1 aromatic rings. The van der Waals surface area contributed by atoms with Gasteiger partial charge in [-0.1, -0.05) is 25.5 Å². The van der Waals surface area contributed by atoms with Gasteiger partial charge in [0, 0.05) is 13.6 Å². The quantitative estimate of drug-likeness (QED) is 0.851. The Hall–Kier alpha value is -1.42. The molecule has 0 bridgehead atoms. The first kappa shape index (κ1) is 13.6. The average Bonchev–Trinajstić information content (AvgIpc) is 2.28. The van der Waals surface area contributed by atoms with Crippen molar-refractivity contribution in [3.8, 4) is 0 Å². The number of hydrogen-bond donors (Lipinski definition) is 1. The van der Waals surface area contributed by atoms with Gasteiger partial charge in [0.1, 0.15) is 5.82 Å². The highest BCUT2D eigenvalue weighted by atomic mass is 19.1. The van der Waals surface area contributed by atoms with Crippen LogP contribution in [0.2, 0.25) is 0 Å². The lowest BCUT2D eigenvalue weighted by Crippen LogP contribution is -2.41. The average molecular weight is 238 g/mol. The van der Waals surface area contributed by atoms with Gasteiger partial charge in [0.15, 0.2) is 0 Å². The van der Waals surface area contributed by atoms with E-state index in [1.54, 1.807) is 19.2 Å². The van der Waals surface area contributed by atoms with E-state index in [-0.39, 0.29) is 11.7 Å². The molecule has 0 spiro atoms. The Morgan fingerprint density at radius 2 is 2.24 bits per heavy atom. The van der Waals surface area contributed by atoms with Crippen LogP contribution in [-0.2, 0) is 11.3 Å². The van der Waals surface area contributed by atoms with Crippen LogP contribution in [-0.4, -0.2) is 23.9 Å². The summed E-state index contributed by atoms with van der Waals surface area (Å²) in [5.41, 5.74) is 6.52. The summed E-state index contributed by atoms with van der Waals surface area (Å²) in [6.07, 6.45) is 1.55. The molecule has 0 saturated heterocycles. The van der Waals surface area contributed by atoms with Gasteiger partial charge in [0.25, 0.3) is 0 Å². The normalized spacial score (nSPS) is 12.2. The Kier molecular flexibility index (Phi) is 5.10. The van der Waals surface area contributed by atoms with Gasteiger partial charge in [0.05, 0.1) is 6.04 Å². The summed E-state index contributed by atoms with van der Waals surface area (Å²) in [5.74, 6) is -0.391. The number of benzene rings is 1. The minimum absolute atomic E-state index is 0.101. The third-order valence-electron chi connectivity index (χ3n) is 2.60. The lowest BCUT2D eigenvalue weighted by atomic mass is 10.1. The van der Waals surface area contributed by atoms with Crippen molar-refractivity contribution >= 4 is 5.91 Å².